The van der Waals surface area contributed by atoms with E-state index in [4.69, 9.17) is 17.3 Å². The van der Waals surface area contributed by atoms with Gasteiger partial charge in [-0.3, -0.25) is 0 Å². The number of hydrogen-bond acceptors (Lipinski definition) is 3. The largest absolute Gasteiger partial charge is 0.405 e. The number of halogens is 4. The molecule has 0 atom stereocenters. The first-order chi connectivity index (χ1) is 8.39. The lowest BCUT2D eigenvalue weighted by atomic mass is 10.2. The average Bonchev–Trinajstić information content (AvgIpc) is 2.27. The predicted octanol–water partition coefficient (Wildman–Crippen LogP) is 2.97. The zero-order chi connectivity index (χ0) is 13.8. The topological polar surface area (TPSA) is 42.2 Å². The minimum absolute atomic E-state index is 0.138. The molecule has 7 heteroatoms. The van der Waals surface area contributed by atoms with Crippen LogP contribution in [-0.4, -0.2) is 24.2 Å². The summed E-state index contributed by atoms with van der Waals surface area (Å²) >= 11 is 6.02. The van der Waals surface area contributed by atoms with Crippen LogP contribution in [0.3, 0.4) is 0 Å². The molecule has 1 aromatic rings. The number of aromatic nitrogens is 1. The van der Waals surface area contributed by atoms with Crippen molar-refractivity contribution in [3.63, 3.8) is 0 Å². The van der Waals surface area contributed by atoms with Gasteiger partial charge in [0.15, 0.2) is 0 Å². The van der Waals surface area contributed by atoms with Gasteiger partial charge in [0.1, 0.15) is 12.4 Å². The monoisotopic (exact) mass is 281 g/mol. The van der Waals surface area contributed by atoms with Crippen LogP contribution in [0.2, 0.25) is 5.02 Å². The van der Waals surface area contributed by atoms with Gasteiger partial charge in [-0.1, -0.05) is 18.5 Å². The van der Waals surface area contributed by atoms with Gasteiger partial charge in [-0.05, 0) is 18.1 Å². The molecule has 2 N–H and O–H groups in total. The quantitative estimate of drug-likeness (QED) is 0.902. The number of pyridine rings is 1. The van der Waals surface area contributed by atoms with Crippen LogP contribution in [-0.2, 0) is 6.54 Å². The van der Waals surface area contributed by atoms with Crippen LogP contribution in [0.25, 0.3) is 0 Å². The van der Waals surface area contributed by atoms with Crippen molar-refractivity contribution in [2.45, 2.75) is 26.1 Å². The second-order valence-corrected chi connectivity index (χ2v) is 4.23. The highest BCUT2D eigenvalue weighted by Crippen LogP contribution is 2.29. The van der Waals surface area contributed by atoms with Gasteiger partial charge in [0.25, 0.3) is 0 Å². The van der Waals surface area contributed by atoms with E-state index in [0.717, 1.165) is 4.90 Å². The molecule has 0 aromatic carbocycles. The van der Waals surface area contributed by atoms with Crippen LogP contribution in [0.4, 0.5) is 19.0 Å². The maximum absolute atomic E-state index is 12.5. The Hall–Kier alpha value is -1.01. The number of alkyl halides is 3. The number of nitrogens with zero attached hydrogens (tertiary/aromatic N) is 2. The summed E-state index contributed by atoms with van der Waals surface area (Å²) in [7, 11) is 0. The zero-order valence-electron chi connectivity index (χ0n) is 9.97. The van der Waals surface area contributed by atoms with Crippen LogP contribution in [0, 0.1) is 0 Å². The Morgan fingerprint density at radius 2 is 2.11 bits per heavy atom. The molecule has 0 aliphatic rings. The molecule has 0 saturated carbocycles. The van der Waals surface area contributed by atoms with Crippen LogP contribution >= 0.6 is 11.6 Å². The Morgan fingerprint density at radius 1 is 1.44 bits per heavy atom. The molecule has 0 fully saturated rings. The van der Waals surface area contributed by atoms with E-state index in [1.54, 1.807) is 13.0 Å². The maximum Gasteiger partial charge on any atom is 0.405 e. The fraction of sp³-hybridized carbons (Fsp3) is 0.545. The summed E-state index contributed by atoms with van der Waals surface area (Å²) in [6.07, 6.45) is -2.30. The predicted molar refractivity (Wildman–Crippen MR) is 65.7 cm³/mol. The lowest BCUT2D eigenvalue weighted by Crippen LogP contribution is -2.35. The summed E-state index contributed by atoms with van der Waals surface area (Å²) in [5.41, 5.74) is 6.06. The highest BCUT2D eigenvalue weighted by Gasteiger charge is 2.32. The van der Waals surface area contributed by atoms with E-state index in [-0.39, 0.29) is 23.9 Å². The second-order valence-electron chi connectivity index (χ2n) is 3.85. The molecule has 0 unspecified atom stereocenters. The van der Waals surface area contributed by atoms with Gasteiger partial charge < -0.3 is 10.6 Å². The first-order valence-electron chi connectivity index (χ1n) is 5.54. The van der Waals surface area contributed by atoms with E-state index < -0.39 is 12.7 Å². The highest BCUT2D eigenvalue weighted by molar-refractivity contribution is 6.33. The van der Waals surface area contributed by atoms with E-state index in [1.807, 2.05) is 0 Å². The third kappa shape index (κ3) is 4.03. The standard InChI is InChI=1S/C11H15ClF3N3/c1-2-5-18(7-11(13,14)15)10-9(12)8(6-16)3-4-17-10/h3-4H,2,5-7,16H2,1H3. The van der Waals surface area contributed by atoms with Gasteiger partial charge in [-0.15, -0.1) is 0 Å². The third-order valence-electron chi connectivity index (χ3n) is 2.33. The average molecular weight is 282 g/mol. The number of rotatable bonds is 5. The molecule has 1 aromatic heterocycles. The molecule has 0 spiro atoms. The van der Waals surface area contributed by atoms with Gasteiger partial charge in [-0.2, -0.15) is 13.2 Å². The van der Waals surface area contributed by atoms with E-state index in [9.17, 15) is 13.2 Å². The SMILES string of the molecule is CCCN(CC(F)(F)F)c1nccc(CN)c1Cl. The van der Waals surface area contributed by atoms with E-state index in [0.29, 0.717) is 12.0 Å². The van der Waals surface area contributed by atoms with Crippen molar-refractivity contribution in [3.8, 4) is 0 Å². The molecule has 0 radical (unpaired) electrons. The van der Waals surface area contributed by atoms with Crippen molar-refractivity contribution in [1.29, 1.82) is 0 Å². The fourth-order valence-corrected chi connectivity index (χ4v) is 1.90. The first-order valence-corrected chi connectivity index (χ1v) is 5.92. The molecule has 102 valence electrons. The molecule has 3 nitrogen and oxygen atoms in total. The Bertz CT molecular complexity index is 396. The number of hydrogen-bond donors (Lipinski definition) is 1. The van der Waals surface area contributed by atoms with Crippen molar-refractivity contribution in [2.24, 2.45) is 5.73 Å². The normalized spacial score (nSPS) is 11.7. The molecule has 18 heavy (non-hydrogen) atoms. The zero-order valence-corrected chi connectivity index (χ0v) is 10.7. The van der Waals surface area contributed by atoms with Crippen LogP contribution < -0.4 is 10.6 Å². The van der Waals surface area contributed by atoms with Crippen LogP contribution in [0.1, 0.15) is 18.9 Å². The molecular weight excluding hydrogens is 267 g/mol. The molecule has 0 aliphatic heterocycles. The molecule has 0 bridgehead atoms. The van der Waals surface area contributed by atoms with Crippen molar-refractivity contribution in [1.82, 2.24) is 4.98 Å². The van der Waals surface area contributed by atoms with Crippen LogP contribution in [0.15, 0.2) is 12.3 Å². The first kappa shape index (κ1) is 15.0. The van der Waals surface area contributed by atoms with Gasteiger partial charge in [0.05, 0.1) is 5.02 Å². The van der Waals surface area contributed by atoms with Gasteiger partial charge in [0, 0.05) is 19.3 Å². The Balaban J connectivity index is 3.05. The van der Waals surface area contributed by atoms with Gasteiger partial charge in [-0.25, -0.2) is 4.98 Å². The smallest absolute Gasteiger partial charge is 0.346 e. The Labute approximate surface area is 109 Å². The Morgan fingerprint density at radius 3 is 2.61 bits per heavy atom. The summed E-state index contributed by atoms with van der Waals surface area (Å²) < 4.78 is 37.5. The molecule has 0 saturated heterocycles. The van der Waals surface area contributed by atoms with E-state index in [2.05, 4.69) is 4.98 Å². The van der Waals surface area contributed by atoms with E-state index in [1.165, 1.54) is 6.20 Å². The van der Waals surface area contributed by atoms with Crippen molar-refractivity contribution in [3.05, 3.63) is 22.8 Å². The highest BCUT2D eigenvalue weighted by atomic mass is 35.5. The summed E-state index contributed by atoms with van der Waals surface area (Å²) in [6, 6.07) is 1.60. The van der Waals surface area contributed by atoms with Crippen molar-refractivity contribution in [2.75, 3.05) is 18.0 Å². The lowest BCUT2D eigenvalue weighted by Gasteiger charge is -2.25. The summed E-state index contributed by atoms with van der Waals surface area (Å²) in [4.78, 5) is 5.05. The number of anilines is 1. The number of nitrogens with two attached hydrogens (primary N) is 1. The van der Waals surface area contributed by atoms with Gasteiger partial charge >= 0.3 is 6.18 Å². The van der Waals surface area contributed by atoms with Gasteiger partial charge in [0.2, 0.25) is 0 Å². The molecule has 1 heterocycles. The summed E-state index contributed by atoms with van der Waals surface area (Å²) in [5.74, 6) is 0.138. The summed E-state index contributed by atoms with van der Waals surface area (Å²) in [6.45, 7) is 1.13. The molecule has 0 aliphatic carbocycles. The maximum atomic E-state index is 12.5. The fourth-order valence-electron chi connectivity index (χ4n) is 1.60. The molecule has 0 amide bonds. The third-order valence-corrected chi connectivity index (χ3v) is 2.75. The van der Waals surface area contributed by atoms with Crippen molar-refractivity contribution >= 4 is 17.4 Å². The molecule has 1 rings (SSSR count). The van der Waals surface area contributed by atoms with E-state index >= 15 is 0 Å². The summed E-state index contributed by atoms with van der Waals surface area (Å²) in [5, 5.41) is 0.192. The Kier molecular flexibility index (Phi) is 5.22. The van der Waals surface area contributed by atoms with Crippen molar-refractivity contribution < 1.29 is 13.2 Å². The minimum atomic E-state index is -4.29. The lowest BCUT2D eigenvalue weighted by molar-refractivity contribution is -0.119. The second kappa shape index (κ2) is 6.24. The molecular formula is C11H15ClF3N3. The minimum Gasteiger partial charge on any atom is -0.346 e. The van der Waals surface area contributed by atoms with Crippen LogP contribution in [0.5, 0.6) is 0 Å².